The van der Waals surface area contributed by atoms with Crippen molar-refractivity contribution in [3.8, 4) is 0 Å². The van der Waals surface area contributed by atoms with Crippen LogP contribution in [0.15, 0.2) is 48.5 Å². The van der Waals surface area contributed by atoms with Crippen LogP contribution >= 0.6 is 19.0 Å². The van der Waals surface area contributed by atoms with Gasteiger partial charge in [0.15, 0.2) is 0 Å². The Balaban J connectivity index is 0.000000244. The number of rotatable bonds is 0. The van der Waals surface area contributed by atoms with Crippen LogP contribution in [0, 0.1) is 26.0 Å². The summed E-state index contributed by atoms with van der Waals surface area (Å²) in [6.45, 7) is 4.13. The summed E-state index contributed by atoms with van der Waals surface area (Å²) >= 11 is 4.88. The first-order chi connectivity index (χ1) is 7.79. The predicted octanol–water partition coefficient (Wildman–Crippen LogP) is 4.47. The van der Waals surface area contributed by atoms with Gasteiger partial charge in [0.25, 0.3) is 0 Å². The van der Waals surface area contributed by atoms with E-state index in [-0.39, 0.29) is 0 Å². The second kappa shape index (κ2) is 11.4. The van der Waals surface area contributed by atoms with Crippen molar-refractivity contribution in [1.82, 2.24) is 0 Å². The number of hydrogen-bond donors (Lipinski definition) is 0. The zero-order valence-corrected chi connectivity index (χ0v) is 12.9. The van der Waals surface area contributed by atoms with Crippen molar-refractivity contribution in [3.05, 3.63) is 71.8 Å². The Morgan fingerprint density at radius 2 is 1.00 bits per heavy atom. The molecule has 0 bridgehead atoms. The van der Waals surface area contributed by atoms with Crippen LogP contribution in [-0.4, -0.2) is 0 Å². The molecule has 0 N–H and O–H groups in total. The van der Waals surface area contributed by atoms with Crippen molar-refractivity contribution in [2.75, 3.05) is 0 Å². The quantitative estimate of drug-likeness (QED) is 0.337. The third-order valence-electron chi connectivity index (χ3n) is 1.77. The Morgan fingerprint density at radius 1 is 0.750 bits per heavy atom. The van der Waals surface area contributed by atoms with E-state index in [1.54, 1.807) is 0 Å². The average molecular weight is 417 g/mol. The number of aryl methyl sites for hydroxylation is 2. The van der Waals surface area contributed by atoms with Gasteiger partial charge < -0.3 is 0 Å². The van der Waals surface area contributed by atoms with E-state index in [2.05, 4.69) is 43.2 Å². The molecule has 0 aromatic heterocycles. The third-order valence-corrected chi connectivity index (χ3v) is 1.77. The van der Waals surface area contributed by atoms with Gasteiger partial charge in [-0.2, -0.15) is 71.8 Å². The van der Waals surface area contributed by atoms with E-state index < -0.39 is 0 Å². The van der Waals surface area contributed by atoms with Gasteiger partial charge >= 0.3 is 36.3 Å². The molecule has 2 rings (SSSR count). The molecule has 90 valence electrons. The summed E-state index contributed by atoms with van der Waals surface area (Å²) in [4.78, 5) is 0. The van der Waals surface area contributed by atoms with Crippen LogP contribution in [0.2, 0.25) is 0 Å². The summed E-state index contributed by atoms with van der Waals surface area (Å²) in [5, 5.41) is 0. The molecule has 0 unspecified atom stereocenters. The molecule has 0 aliphatic heterocycles. The van der Waals surface area contributed by atoms with E-state index in [0.717, 1.165) is 0 Å². The molecule has 2 heteroatoms. The zero-order valence-electron chi connectivity index (χ0n) is 9.30. The Labute approximate surface area is 121 Å². The molecule has 2 aromatic rings. The maximum atomic E-state index is 2.93. The summed E-state index contributed by atoms with van der Waals surface area (Å²) in [5.74, 6) is 0. The van der Waals surface area contributed by atoms with Gasteiger partial charge in [0, 0.05) is 0 Å². The van der Waals surface area contributed by atoms with Crippen molar-refractivity contribution >= 4 is 19.0 Å². The van der Waals surface area contributed by atoms with E-state index >= 15 is 0 Å². The minimum atomic E-state index is 1.29. The first kappa shape index (κ1) is 15.9. The molecule has 0 saturated carbocycles. The molecule has 0 aliphatic rings. The van der Waals surface area contributed by atoms with Crippen molar-refractivity contribution in [3.63, 3.8) is 0 Å². The van der Waals surface area contributed by atoms with Crippen LogP contribution in [0.1, 0.15) is 11.1 Å². The van der Waals surface area contributed by atoms with E-state index in [4.69, 9.17) is 0 Å². The number of hydrogen-bond acceptors (Lipinski definition) is 0. The standard InChI is InChI=1S/2C7H7.Ag.HI/c2*1-7-5-3-2-4-6-7;;/h2*3-6H,1H3;;1H/q2*-1;+1;/p-1. The van der Waals surface area contributed by atoms with E-state index in [0.29, 0.717) is 0 Å². The summed E-state index contributed by atoms with van der Waals surface area (Å²) in [6.07, 6.45) is 0. The second-order valence-electron chi connectivity index (χ2n) is 3.15. The average Bonchev–Trinajstić information content (AvgIpc) is 2.34. The first-order valence-electron chi connectivity index (χ1n) is 4.76. The Hall–Kier alpha value is -0.0897. The maximum absolute atomic E-state index is 2.93. The normalized spacial score (nSPS) is 8.06. The van der Waals surface area contributed by atoms with Crippen LogP contribution < -0.4 is 0 Å². The second-order valence-corrected chi connectivity index (χ2v) is 3.15. The molecule has 0 heterocycles. The molecule has 0 spiro atoms. The minimum absolute atomic E-state index is 1.29. The van der Waals surface area contributed by atoms with Crippen LogP contribution in [0.5, 0.6) is 0 Å². The Morgan fingerprint density at radius 3 is 1.12 bits per heavy atom. The number of halogens is 1. The summed E-state index contributed by atoms with van der Waals surface area (Å²) in [6, 6.07) is 21.6. The molecular weight excluding hydrogens is 403 g/mol. The fraction of sp³-hybridized carbons (Fsp3) is 0.143. The predicted molar refractivity (Wildman–Crippen MR) is 74.1 cm³/mol. The van der Waals surface area contributed by atoms with Crippen LogP contribution in [0.25, 0.3) is 0 Å². The molecule has 0 fully saturated rings. The van der Waals surface area contributed by atoms with Gasteiger partial charge in [-0.15, -0.1) is 0 Å². The molecule has 0 atom stereocenters. The van der Waals surface area contributed by atoms with Crippen molar-refractivity contribution < 1.29 is 17.3 Å². The SMILES string of the molecule is Cc1cc[c-]cc1.Cc1cc[c-]cc1.[Ag][I]. The van der Waals surface area contributed by atoms with Crippen LogP contribution in [0.3, 0.4) is 0 Å². The monoisotopic (exact) mass is 416 g/mol. The molecule has 0 amide bonds. The third kappa shape index (κ3) is 9.16. The van der Waals surface area contributed by atoms with Gasteiger partial charge in [0.05, 0.1) is 0 Å². The molecule has 0 nitrogen and oxygen atoms in total. The van der Waals surface area contributed by atoms with Crippen molar-refractivity contribution in [2.24, 2.45) is 0 Å². The van der Waals surface area contributed by atoms with Crippen molar-refractivity contribution in [1.29, 1.82) is 0 Å². The number of benzene rings is 2. The van der Waals surface area contributed by atoms with Gasteiger partial charge in [0.1, 0.15) is 0 Å². The summed E-state index contributed by atoms with van der Waals surface area (Å²) in [5.41, 5.74) is 2.58. The topological polar surface area (TPSA) is 0 Å². The molecule has 2 aromatic carbocycles. The Kier molecular flexibility index (Phi) is 11.3. The van der Waals surface area contributed by atoms with E-state index in [9.17, 15) is 0 Å². The zero-order chi connectivity index (χ0) is 12.2. The van der Waals surface area contributed by atoms with Crippen LogP contribution in [-0.2, 0) is 17.3 Å². The van der Waals surface area contributed by atoms with Gasteiger partial charge in [0.2, 0.25) is 0 Å². The fourth-order valence-electron chi connectivity index (χ4n) is 0.940. The van der Waals surface area contributed by atoms with Gasteiger partial charge in [-0.05, 0) is 0 Å². The van der Waals surface area contributed by atoms with E-state index in [1.807, 2.05) is 67.6 Å². The molecular formula is C14H14AgI-2. The van der Waals surface area contributed by atoms with Gasteiger partial charge in [-0.1, -0.05) is 13.8 Å². The van der Waals surface area contributed by atoms with E-state index in [1.165, 1.54) is 11.1 Å². The van der Waals surface area contributed by atoms with Gasteiger partial charge in [-0.3, -0.25) is 0 Å². The molecule has 0 saturated heterocycles. The Bertz CT molecular complexity index is 308. The van der Waals surface area contributed by atoms with Crippen molar-refractivity contribution in [2.45, 2.75) is 13.8 Å². The first-order valence-corrected chi connectivity index (χ1v) is 9.17. The fourth-order valence-corrected chi connectivity index (χ4v) is 0.940. The van der Waals surface area contributed by atoms with Gasteiger partial charge in [-0.25, -0.2) is 0 Å². The summed E-state index contributed by atoms with van der Waals surface area (Å²) < 4.78 is 0. The molecule has 16 heavy (non-hydrogen) atoms. The molecule has 0 aliphatic carbocycles. The molecule has 0 radical (unpaired) electrons. The summed E-state index contributed by atoms with van der Waals surface area (Å²) in [7, 11) is 0. The van der Waals surface area contributed by atoms with Crippen LogP contribution in [0.4, 0.5) is 0 Å².